The van der Waals surface area contributed by atoms with Gasteiger partial charge >= 0.3 is 5.97 Å². The molecule has 0 bridgehead atoms. The third-order valence-electron chi connectivity index (χ3n) is 4.52. The van der Waals surface area contributed by atoms with Crippen molar-refractivity contribution in [3.05, 3.63) is 23.9 Å². The van der Waals surface area contributed by atoms with Crippen molar-refractivity contribution in [2.24, 2.45) is 0 Å². The van der Waals surface area contributed by atoms with Gasteiger partial charge in [0, 0.05) is 6.04 Å². The number of ether oxygens (including phenoxy) is 1. The van der Waals surface area contributed by atoms with Gasteiger partial charge in [-0.05, 0) is 37.8 Å². The van der Waals surface area contributed by atoms with Crippen LogP contribution in [0.2, 0.25) is 0 Å². The minimum absolute atomic E-state index is 0.0855. The van der Waals surface area contributed by atoms with E-state index < -0.39 is 5.97 Å². The molecule has 7 heteroatoms. The van der Waals surface area contributed by atoms with Gasteiger partial charge in [-0.25, -0.2) is 4.79 Å². The zero-order valence-electron chi connectivity index (χ0n) is 13.9. The number of rotatable bonds is 4. The Morgan fingerprint density at radius 1 is 1.38 bits per heavy atom. The number of carbonyl (C=O) groups excluding carboxylic acids is 2. The van der Waals surface area contributed by atoms with Gasteiger partial charge in [-0.1, -0.05) is 13.0 Å². The number of fused-ring (bicyclic) bond motifs is 1. The number of nitrogens with zero attached hydrogens (tertiary/aromatic N) is 1. The number of hydrogen-bond donors (Lipinski definition) is 3. The van der Waals surface area contributed by atoms with Crippen molar-refractivity contribution in [3.8, 4) is 0 Å². The molecule has 7 nitrogen and oxygen atoms in total. The highest BCUT2D eigenvalue weighted by Gasteiger charge is 2.26. The molecular weight excluding hydrogens is 308 g/mol. The van der Waals surface area contributed by atoms with Crippen LogP contribution in [0.25, 0.3) is 10.9 Å². The molecule has 0 saturated carbocycles. The number of piperidine rings is 1. The van der Waals surface area contributed by atoms with E-state index in [4.69, 9.17) is 4.74 Å². The van der Waals surface area contributed by atoms with Crippen molar-refractivity contribution in [2.75, 3.05) is 12.4 Å². The lowest BCUT2D eigenvalue weighted by molar-refractivity contribution is -0.119. The lowest BCUT2D eigenvalue weighted by Crippen LogP contribution is -2.48. The van der Waals surface area contributed by atoms with Gasteiger partial charge in [0.2, 0.25) is 5.91 Å². The predicted molar refractivity (Wildman–Crippen MR) is 90.9 cm³/mol. The molecule has 2 unspecified atom stereocenters. The predicted octanol–water partition coefficient (Wildman–Crippen LogP) is 2.21. The Labute approximate surface area is 140 Å². The molecule has 2 aromatic rings. The Morgan fingerprint density at radius 3 is 2.96 bits per heavy atom. The van der Waals surface area contributed by atoms with Crippen molar-refractivity contribution >= 4 is 28.5 Å². The van der Waals surface area contributed by atoms with Gasteiger partial charge in [0.15, 0.2) is 5.69 Å². The Bertz CT molecular complexity index is 755. The second kappa shape index (κ2) is 7.00. The molecule has 1 aromatic heterocycles. The maximum absolute atomic E-state index is 12.6. The molecule has 1 fully saturated rings. The smallest absolute Gasteiger partial charge is 0.359 e. The Kier molecular flexibility index (Phi) is 4.80. The number of aromatic nitrogens is 2. The minimum atomic E-state index is -0.537. The molecule has 1 amide bonds. The van der Waals surface area contributed by atoms with E-state index >= 15 is 0 Å². The minimum Gasteiger partial charge on any atom is -0.464 e. The number of H-pyrrole nitrogens is 1. The summed E-state index contributed by atoms with van der Waals surface area (Å²) in [4.78, 5) is 24.5. The van der Waals surface area contributed by atoms with Crippen LogP contribution >= 0.6 is 0 Å². The molecule has 1 aliphatic heterocycles. The first-order chi connectivity index (χ1) is 11.6. The highest BCUT2D eigenvalue weighted by atomic mass is 16.5. The molecule has 2 heterocycles. The molecule has 128 valence electrons. The topological polar surface area (TPSA) is 96.1 Å². The molecule has 3 rings (SSSR count). The number of hydrogen-bond acceptors (Lipinski definition) is 5. The average molecular weight is 330 g/mol. The summed E-state index contributed by atoms with van der Waals surface area (Å²) >= 11 is 0. The molecule has 1 aliphatic rings. The summed E-state index contributed by atoms with van der Waals surface area (Å²) in [5.74, 6) is -0.623. The average Bonchev–Trinajstić information content (AvgIpc) is 3.06. The molecule has 0 spiro atoms. The van der Waals surface area contributed by atoms with Gasteiger partial charge < -0.3 is 15.4 Å². The van der Waals surface area contributed by atoms with Crippen LogP contribution in [0.15, 0.2) is 18.2 Å². The maximum Gasteiger partial charge on any atom is 0.359 e. The summed E-state index contributed by atoms with van der Waals surface area (Å²) in [7, 11) is 1.31. The first-order valence-electron chi connectivity index (χ1n) is 8.26. The third-order valence-corrected chi connectivity index (χ3v) is 4.52. The fourth-order valence-electron chi connectivity index (χ4n) is 3.19. The maximum atomic E-state index is 12.6. The number of esters is 1. The molecule has 1 saturated heterocycles. The normalized spacial score (nSPS) is 20.8. The Morgan fingerprint density at radius 2 is 2.21 bits per heavy atom. The van der Waals surface area contributed by atoms with Crippen LogP contribution in [0.3, 0.4) is 0 Å². The summed E-state index contributed by atoms with van der Waals surface area (Å²) < 4.78 is 4.76. The number of methoxy groups -OCH3 is 1. The molecule has 2 atom stereocenters. The van der Waals surface area contributed by atoms with E-state index in [1.54, 1.807) is 18.2 Å². The van der Waals surface area contributed by atoms with Gasteiger partial charge in [0.05, 0.1) is 29.7 Å². The van der Waals surface area contributed by atoms with Crippen LogP contribution in [0.5, 0.6) is 0 Å². The van der Waals surface area contributed by atoms with Crippen LogP contribution in [-0.2, 0) is 9.53 Å². The quantitative estimate of drug-likeness (QED) is 0.747. The molecule has 3 N–H and O–H groups in total. The molecular formula is C17H22N4O3. The van der Waals surface area contributed by atoms with Crippen molar-refractivity contribution in [2.45, 2.75) is 44.7 Å². The summed E-state index contributed by atoms with van der Waals surface area (Å²) in [5.41, 5.74) is 1.41. The monoisotopic (exact) mass is 330 g/mol. The Balaban J connectivity index is 1.85. The standard InChI is InChI=1S/C17H22N4O3/c1-3-10-6-4-9-13(18-10)16(22)19-11-7-5-8-12-14(11)15(21-20-12)17(23)24-2/h5,7-8,10,13,18H,3-4,6,9H2,1-2H3,(H,19,22)(H,20,21). The summed E-state index contributed by atoms with van der Waals surface area (Å²) in [6.07, 6.45) is 3.96. The van der Waals surface area contributed by atoms with E-state index in [0.717, 1.165) is 25.7 Å². The lowest BCUT2D eigenvalue weighted by atomic mass is 9.96. The van der Waals surface area contributed by atoms with Gasteiger partial charge in [-0.3, -0.25) is 9.89 Å². The fourth-order valence-corrected chi connectivity index (χ4v) is 3.19. The molecule has 1 aromatic carbocycles. The lowest BCUT2D eigenvalue weighted by Gasteiger charge is -2.29. The van der Waals surface area contributed by atoms with E-state index in [9.17, 15) is 9.59 Å². The highest BCUT2D eigenvalue weighted by molar-refractivity contribution is 6.11. The zero-order valence-corrected chi connectivity index (χ0v) is 13.9. The van der Waals surface area contributed by atoms with E-state index in [0.29, 0.717) is 22.6 Å². The van der Waals surface area contributed by atoms with Crippen LogP contribution in [0, 0.1) is 0 Å². The second-order valence-electron chi connectivity index (χ2n) is 6.04. The van der Waals surface area contributed by atoms with E-state index in [-0.39, 0.29) is 17.6 Å². The van der Waals surface area contributed by atoms with E-state index in [1.165, 1.54) is 7.11 Å². The summed E-state index contributed by atoms with van der Waals surface area (Å²) in [5, 5.41) is 13.7. The van der Waals surface area contributed by atoms with Crippen molar-refractivity contribution < 1.29 is 14.3 Å². The number of carbonyl (C=O) groups is 2. The van der Waals surface area contributed by atoms with E-state index in [1.807, 2.05) is 0 Å². The SMILES string of the molecule is CCC1CCCC(C(=O)Nc2cccc3[nH]nc(C(=O)OC)c23)N1. The summed E-state index contributed by atoms with van der Waals surface area (Å²) in [6.45, 7) is 2.12. The van der Waals surface area contributed by atoms with Gasteiger partial charge in [0.1, 0.15) is 0 Å². The first kappa shape index (κ1) is 16.4. The Hall–Kier alpha value is -2.41. The van der Waals surface area contributed by atoms with Crippen molar-refractivity contribution in [1.82, 2.24) is 15.5 Å². The molecule has 24 heavy (non-hydrogen) atoms. The second-order valence-corrected chi connectivity index (χ2v) is 6.04. The van der Waals surface area contributed by atoms with Crippen molar-refractivity contribution in [1.29, 1.82) is 0 Å². The number of nitrogens with one attached hydrogen (secondary N) is 3. The summed E-state index contributed by atoms with van der Waals surface area (Å²) in [6, 6.07) is 5.54. The van der Waals surface area contributed by atoms with Gasteiger partial charge in [-0.15, -0.1) is 0 Å². The molecule has 0 radical (unpaired) electrons. The van der Waals surface area contributed by atoms with Gasteiger partial charge in [-0.2, -0.15) is 5.10 Å². The van der Waals surface area contributed by atoms with Crippen LogP contribution in [0.1, 0.15) is 43.1 Å². The van der Waals surface area contributed by atoms with Crippen molar-refractivity contribution in [3.63, 3.8) is 0 Å². The number of anilines is 1. The number of amides is 1. The van der Waals surface area contributed by atoms with Crippen LogP contribution in [0.4, 0.5) is 5.69 Å². The van der Waals surface area contributed by atoms with E-state index in [2.05, 4.69) is 27.8 Å². The van der Waals surface area contributed by atoms with Crippen LogP contribution < -0.4 is 10.6 Å². The fraction of sp³-hybridized carbons (Fsp3) is 0.471. The molecule has 0 aliphatic carbocycles. The largest absolute Gasteiger partial charge is 0.464 e. The third kappa shape index (κ3) is 3.12. The zero-order chi connectivity index (χ0) is 17.1. The number of aromatic amines is 1. The highest BCUT2D eigenvalue weighted by Crippen LogP contribution is 2.26. The van der Waals surface area contributed by atoms with Crippen LogP contribution in [-0.4, -0.2) is 41.3 Å². The number of benzene rings is 1. The van der Waals surface area contributed by atoms with Gasteiger partial charge in [0.25, 0.3) is 0 Å². The first-order valence-corrected chi connectivity index (χ1v) is 8.26.